The molecule has 0 spiro atoms. The summed E-state index contributed by atoms with van der Waals surface area (Å²) in [5, 5.41) is 15.8. The van der Waals surface area contributed by atoms with Crippen LogP contribution < -0.4 is 16.4 Å². The quantitative estimate of drug-likeness (QED) is 0.507. The second kappa shape index (κ2) is 5.51. The van der Waals surface area contributed by atoms with Gasteiger partial charge in [-0.1, -0.05) is 0 Å². The molecule has 9 heteroatoms. The number of amides is 2. The summed E-state index contributed by atoms with van der Waals surface area (Å²) < 4.78 is 0. The number of rotatable bonds is 3. The predicted octanol–water partition coefficient (Wildman–Crippen LogP) is -0.420. The second-order valence-electron chi connectivity index (χ2n) is 4.34. The Morgan fingerprint density at radius 3 is 3.00 bits per heavy atom. The summed E-state index contributed by atoms with van der Waals surface area (Å²) in [6.07, 6.45) is 2.23. The van der Waals surface area contributed by atoms with Gasteiger partial charge in [0.25, 0.3) is 11.6 Å². The number of anilines is 1. The molecule has 20 heavy (non-hydrogen) atoms. The number of nitrogens with zero attached hydrogens (tertiary/aromatic N) is 2. The van der Waals surface area contributed by atoms with Gasteiger partial charge in [-0.15, -0.1) is 0 Å². The number of nitrogens with one attached hydrogen (secondary N) is 2. The first-order valence-electron chi connectivity index (χ1n) is 5.97. The summed E-state index contributed by atoms with van der Waals surface area (Å²) in [5.74, 6) is -1.05. The minimum absolute atomic E-state index is 0.113. The second-order valence-corrected chi connectivity index (χ2v) is 4.34. The molecule has 9 nitrogen and oxygen atoms in total. The maximum Gasteiger partial charge on any atom is 0.288 e. The van der Waals surface area contributed by atoms with E-state index >= 15 is 0 Å². The molecule has 1 unspecified atom stereocenters. The fourth-order valence-corrected chi connectivity index (χ4v) is 1.89. The van der Waals surface area contributed by atoms with Crippen molar-refractivity contribution < 1.29 is 14.5 Å². The van der Waals surface area contributed by atoms with E-state index in [1.54, 1.807) is 0 Å². The van der Waals surface area contributed by atoms with E-state index in [0.29, 0.717) is 13.0 Å². The van der Waals surface area contributed by atoms with Crippen molar-refractivity contribution in [2.45, 2.75) is 18.9 Å². The lowest BCUT2D eigenvalue weighted by atomic mass is 10.1. The molecule has 1 aromatic heterocycles. The van der Waals surface area contributed by atoms with Gasteiger partial charge in [0.15, 0.2) is 0 Å². The number of hydrogen-bond acceptors (Lipinski definition) is 6. The van der Waals surface area contributed by atoms with Gasteiger partial charge >= 0.3 is 0 Å². The van der Waals surface area contributed by atoms with E-state index in [9.17, 15) is 19.7 Å². The zero-order valence-corrected chi connectivity index (χ0v) is 10.5. The number of pyridine rings is 1. The fourth-order valence-electron chi connectivity index (χ4n) is 1.89. The van der Waals surface area contributed by atoms with Gasteiger partial charge in [0.05, 0.1) is 10.5 Å². The van der Waals surface area contributed by atoms with E-state index in [0.717, 1.165) is 18.7 Å². The molecule has 4 N–H and O–H groups in total. The molecule has 1 aliphatic rings. The van der Waals surface area contributed by atoms with Crippen LogP contribution in [-0.2, 0) is 4.79 Å². The van der Waals surface area contributed by atoms with Crippen LogP contribution in [0.2, 0.25) is 0 Å². The van der Waals surface area contributed by atoms with Gasteiger partial charge in [0, 0.05) is 12.6 Å². The van der Waals surface area contributed by atoms with Crippen LogP contribution >= 0.6 is 0 Å². The van der Waals surface area contributed by atoms with Crippen LogP contribution in [0, 0.1) is 10.1 Å². The maximum absolute atomic E-state index is 12.0. The highest BCUT2D eigenvalue weighted by Gasteiger charge is 2.25. The first-order chi connectivity index (χ1) is 9.49. The Labute approximate surface area is 113 Å². The van der Waals surface area contributed by atoms with E-state index in [1.165, 1.54) is 0 Å². The number of nitrogens with two attached hydrogens (primary N) is 1. The number of carbonyl (C=O) groups is 2. The lowest BCUT2D eigenvalue weighted by Crippen LogP contribution is -2.50. The van der Waals surface area contributed by atoms with Crippen molar-refractivity contribution in [1.29, 1.82) is 0 Å². The fraction of sp³-hybridized carbons (Fsp3) is 0.364. The van der Waals surface area contributed by atoms with E-state index in [4.69, 9.17) is 5.73 Å². The highest BCUT2D eigenvalue weighted by atomic mass is 16.6. The first-order valence-corrected chi connectivity index (χ1v) is 5.97. The normalized spacial score (nSPS) is 18.2. The van der Waals surface area contributed by atoms with Crippen molar-refractivity contribution in [3.05, 3.63) is 27.9 Å². The van der Waals surface area contributed by atoms with E-state index in [2.05, 4.69) is 15.6 Å². The molecule has 0 radical (unpaired) electrons. The van der Waals surface area contributed by atoms with Crippen molar-refractivity contribution >= 4 is 23.3 Å². The average molecular weight is 279 g/mol. The highest BCUT2D eigenvalue weighted by molar-refractivity contribution is 6.01. The molecule has 1 aliphatic heterocycles. The van der Waals surface area contributed by atoms with Gasteiger partial charge in [0.2, 0.25) is 5.91 Å². The minimum atomic E-state index is -0.670. The van der Waals surface area contributed by atoms with Crippen molar-refractivity contribution in [2.75, 3.05) is 12.3 Å². The molecule has 1 atom stereocenters. The van der Waals surface area contributed by atoms with Crippen molar-refractivity contribution in [2.24, 2.45) is 0 Å². The van der Waals surface area contributed by atoms with Gasteiger partial charge in [-0.3, -0.25) is 19.7 Å². The molecule has 2 heterocycles. The number of aromatic nitrogens is 1. The van der Waals surface area contributed by atoms with Crippen molar-refractivity contribution in [1.82, 2.24) is 15.6 Å². The number of nitrogen functional groups attached to an aromatic ring is 1. The van der Waals surface area contributed by atoms with Crippen LogP contribution in [0.5, 0.6) is 0 Å². The molecule has 2 amide bonds. The summed E-state index contributed by atoms with van der Waals surface area (Å²) in [7, 11) is 0. The molecule has 2 rings (SSSR count). The third kappa shape index (κ3) is 2.82. The molecule has 106 valence electrons. The zero-order valence-electron chi connectivity index (χ0n) is 10.5. The largest absolute Gasteiger partial charge is 0.383 e. The van der Waals surface area contributed by atoms with Gasteiger partial charge in [-0.25, -0.2) is 4.98 Å². The van der Waals surface area contributed by atoms with Crippen LogP contribution in [0.1, 0.15) is 23.2 Å². The molecule has 0 aliphatic carbocycles. The molecule has 0 saturated carbocycles. The Morgan fingerprint density at radius 2 is 2.35 bits per heavy atom. The van der Waals surface area contributed by atoms with Crippen LogP contribution in [0.15, 0.2) is 12.3 Å². The Morgan fingerprint density at radius 1 is 1.60 bits per heavy atom. The molecule has 0 bridgehead atoms. The lowest BCUT2D eigenvalue weighted by molar-refractivity contribution is -0.385. The SMILES string of the molecule is Nc1ncc([N+](=O)[O-])cc1C(=O)NC1CCCNC1=O. The Hall–Kier alpha value is -2.71. The first kappa shape index (κ1) is 13.7. The van der Waals surface area contributed by atoms with Crippen LogP contribution in [0.4, 0.5) is 11.5 Å². The number of piperidine rings is 1. The Balaban J connectivity index is 2.18. The summed E-state index contributed by atoms with van der Waals surface area (Å²) in [5.41, 5.74) is 5.09. The Bertz CT molecular complexity index is 574. The van der Waals surface area contributed by atoms with E-state index < -0.39 is 16.9 Å². The maximum atomic E-state index is 12.0. The molecule has 0 aromatic carbocycles. The molecular formula is C11H13N5O4. The van der Waals surface area contributed by atoms with Gasteiger partial charge in [0.1, 0.15) is 18.1 Å². The standard InChI is InChI=1S/C11H13N5O4/c12-9-7(4-6(5-14-9)16(19)20)10(17)15-8-2-1-3-13-11(8)18/h4-5,8H,1-3H2,(H2,12,14)(H,13,18)(H,15,17). The van der Waals surface area contributed by atoms with E-state index in [1.807, 2.05) is 0 Å². The van der Waals surface area contributed by atoms with E-state index in [-0.39, 0.29) is 23.0 Å². The molecular weight excluding hydrogens is 266 g/mol. The van der Waals surface area contributed by atoms with Crippen LogP contribution in [0.25, 0.3) is 0 Å². The smallest absolute Gasteiger partial charge is 0.288 e. The van der Waals surface area contributed by atoms with Crippen LogP contribution in [-0.4, -0.2) is 34.3 Å². The molecule has 1 aromatic rings. The summed E-state index contributed by atoms with van der Waals surface area (Å²) in [4.78, 5) is 37.2. The number of nitro groups is 1. The molecule has 1 fully saturated rings. The van der Waals surface area contributed by atoms with Crippen LogP contribution in [0.3, 0.4) is 0 Å². The summed E-state index contributed by atoms with van der Waals surface area (Å²) in [6.45, 7) is 0.575. The Kier molecular flexibility index (Phi) is 3.78. The topological polar surface area (TPSA) is 140 Å². The van der Waals surface area contributed by atoms with Crippen molar-refractivity contribution in [3.8, 4) is 0 Å². The average Bonchev–Trinajstić information content (AvgIpc) is 2.41. The zero-order chi connectivity index (χ0) is 14.7. The highest BCUT2D eigenvalue weighted by Crippen LogP contribution is 2.17. The minimum Gasteiger partial charge on any atom is -0.383 e. The monoisotopic (exact) mass is 279 g/mol. The summed E-state index contributed by atoms with van der Waals surface area (Å²) >= 11 is 0. The number of hydrogen-bond donors (Lipinski definition) is 3. The third-order valence-electron chi connectivity index (χ3n) is 2.95. The summed E-state index contributed by atoms with van der Waals surface area (Å²) in [6, 6.07) is 0.383. The number of carbonyl (C=O) groups excluding carboxylic acids is 2. The van der Waals surface area contributed by atoms with Crippen molar-refractivity contribution in [3.63, 3.8) is 0 Å². The predicted molar refractivity (Wildman–Crippen MR) is 68.8 cm³/mol. The van der Waals surface area contributed by atoms with Gasteiger partial charge in [-0.2, -0.15) is 0 Å². The van der Waals surface area contributed by atoms with Gasteiger partial charge < -0.3 is 16.4 Å². The van der Waals surface area contributed by atoms with Gasteiger partial charge in [-0.05, 0) is 12.8 Å². The third-order valence-corrected chi connectivity index (χ3v) is 2.95. The molecule has 1 saturated heterocycles. The lowest BCUT2D eigenvalue weighted by Gasteiger charge is -2.22.